The Labute approximate surface area is 257 Å². The van der Waals surface area contributed by atoms with Gasteiger partial charge in [0.15, 0.2) is 0 Å². The Morgan fingerprint density at radius 3 is 2.21 bits per heavy atom. The van der Waals surface area contributed by atoms with Gasteiger partial charge in [-0.25, -0.2) is 4.79 Å². The van der Waals surface area contributed by atoms with Gasteiger partial charge in [-0.15, -0.1) is 0 Å². The number of benzene rings is 3. The summed E-state index contributed by atoms with van der Waals surface area (Å²) in [4.78, 5) is 42.3. The molecular weight excluding hydrogens is 568 g/mol. The van der Waals surface area contributed by atoms with Crippen molar-refractivity contribution < 1.29 is 24.2 Å². The molecule has 0 heterocycles. The number of para-hydroxylation sites is 1. The SMILES string of the molecule is CCc1ccc(C(C(=O)Nc2c(C)cccc2Cl)N(CC#N)C(=O)C(Cc2ccc(O)cc2)NC(=O)OC(C)(C)C)cc1. The number of aromatic hydroxyl groups is 1. The van der Waals surface area contributed by atoms with Gasteiger partial charge in [0.2, 0.25) is 5.91 Å². The summed E-state index contributed by atoms with van der Waals surface area (Å²) in [6.07, 6.45) is -0.0558. The highest BCUT2D eigenvalue weighted by Crippen LogP contribution is 2.30. The molecule has 0 saturated heterocycles. The normalized spacial score (nSPS) is 12.4. The quantitative estimate of drug-likeness (QED) is 0.240. The minimum Gasteiger partial charge on any atom is -0.508 e. The molecule has 0 bridgehead atoms. The summed E-state index contributed by atoms with van der Waals surface area (Å²) >= 11 is 6.40. The fourth-order valence-electron chi connectivity index (χ4n) is 4.48. The zero-order chi connectivity index (χ0) is 31.7. The summed E-state index contributed by atoms with van der Waals surface area (Å²) in [5.74, 6) is -1.21. The fraction of sp³-hybridized carbons (Fsp3) is 0.333. The van der Waals surface area contributed by atoms with E-state index in [0.29, 0.717) is 21.8 Å². The largest absolute Gasteiger partial charge is 0.508 e. The van der Waals surface area contributed by atoms with Crippen LogP contribution in [-0.4, -0.2) is 46.1 Å². The number of nitrogens with zero attached hydrogens (tertiary/aromatic N) is 2. The average Bonchev–Trinajstić information content (AvgIpc) is 2.94. The molecule has 0 radical (unpaired) electrons. The maximum Gasteiger partial charge on any atom is 0.408 e. The van der Waals surface area contributed by atoms with Gasteiger partial charge in [-0.1, -0.05) is 67.1 Å². The first kappa shape index (κ1) is 33.0. The van der Waals surface area contributed by atoms with Crippen LogP contribution in [0.2, 0.25) is 5.02 Å². The zero-order valence-electron chi connectivity index (χ0n) is 25.0. The molecule has 226 valence electrons. The number of alkyl carbamates (subject to hydrolysis) is 1. The van der Waals surface area contributed by atoms with Crippen LogP contribution in [0.4, 0.5) is 10.5 Å². The van der Waals surface area contributed by atoms with E-state index < -0.39 is 42.1 Å². The third kappa shape index (κ3) is 9.22. The van der Waals surface area contributed by atoms with Crippen molar-refractivity contribution in [3.8, 4) is 11.8 Å². The van der Waals surface area contributed by atoms with Crippen molar-refractivity contribution in [1.29, 1.82) is 5.26 Å². The monoisotopic (exact) mass is 604 g/mol. The summed E-state index contributed by atoms with van der Waals surface area (Å²) in [5.41, 5.74) is 2.41. The summed E-state index contributed by atoms with van der Waals surface area (Å²) in [6.45, 7) is 8.44. The van der Waals surface area contributed by atoms with Crippen LogP contribution < -0.4 is 10.6 Å². The Balaban J connectivity index is 2.08. The number of nitriles is 1. The number of hydrogen-bond donors (Lipinski definition) is 3. The van der Waals surface area contributed by atoms with E-state index in [-0.39, 0.29) is 12.2 Å². The Hall–Kier alpha value is -4.55. The molecule has 2 unspecified atom stereocenters. The van der Waals surface area contributed by atoms with E-state index in [2.05, 4.69) is 10.6 Å². The number of ether oxygens (including phenoxy) is 1. The van der Waals surface area contributed by atoms with Crippen LogP contribution in [0.1, 0.15) is 56.0 Å². The fourth-order valence-corrected chi connectivity index (χ4v) is 4.75. The molecule has 2 atom stereocenters. The zero-order valence-corrected chi connectivity index (χ0v) is 25.7. The average molecular weight is 605 g/mol. The first-order chi connectivity index (χ1) is 20.3. The number of rotatable bonds is 10. The molecule has 0 aliphatic heterocycles. The number of anilines is 1. The van der Waals surface area contributed by atoms with Crippen LogP contribution in [0.5, 0.6) is 5.75 Å². The molecule has 10 heteroatoms. The van der Waals surface area contributed by atoms with Crippen molar-refractivity contribution in [2.45, 2.75) is 65.1 Å². The number of hydrogen-bond acceptors (Lipinski definition) is 6. The smallest absolute Gasteiger partial charge is 0.408 e. The van der Waals surface area contributed by atoms with Gasteiger partial charge in [0.1, 0.15) is 30.0 Å². The summed E-state index contributed by atoms with van der Waals surface area (Å²) < 4.78 is 5.42. The van der Waals surface area contributed by atoms with Gasteiger partial charge in [0.05, 0.1) is 16.8 Å². The third-order valence-corrected chi connectivity index (χ3v) is 6.94. The van der Waals surface area contributed by atoms with Crippen LogP contribution in [0, 0.1) is 18.3 Å². The predicted octanol–water partition coefficient (Wildman–Crippen LogP) is 6.08. The van der Waals surface area contributed by atoms with Crippen LogP contribution in [-0.2, 0) is 27.2 Å². The lowest BCUT2D eigenvalue weighted by atomic mass is 9.98. The predicted molar refractivity (Wildman–Crippen MR) is 166 cm³/mol. The van der Waals surface area contributed by atoms with Crippen LogP contribution in [0.15, 0.2) is 66.7 Å². The summed E-state index contributed by atoms with van der Waals surface area (Å²) in [6, 6.07) is 18.1. The molecule has 0 aromatic heterocycles. The van der Waals surface area contributed by atoms with Gasteiger partial charge in [-0.2, -0.15) is 5.26 Å². The minimum absolute atomic E-state index is 0.00696. The number of phenolic OH excluding ortho intramolecular Hbond substituents is 1. The summed E-state index contributed by atoms with van der Waals surface area (Å²) in [7, 11) is 0. The molecule has 3 amide bonds. The lowest BCUT2D eigenvalue weighted by Crippen LogP contribution is -2.53. The van der Waals surface area contributed by atoms with E-state index in [1.807, 2.05) is 25.1 Å². The number of aryl methyl sites for hydroxylation is 2. The molecule has 0 saturated carbocycles. The Kier molecular flexibility index (Phi) is 11.2. The minimum atomic E-state index is -1.24. The van der Waals surface area contributed by atoms with Crippen LogP contribution in [0.3, 0.4) is 0 Å². The lowest BCUT2D eigenvalue weighted by molar-refractivity contribution is -0.140. The Morgan fingerprint density at radius 2 is 1.65 bits per heavy atom. The molecule has 0 aliphatic carbocycles. The highest BCUT2D eigenvalue weighted by Gasteiger charge is 2.37. The molecule has 3 N–H and O–H groups in total. The number of carbonyl (C=O) groups excluding carboxylic acids is 3. The second-order valence-corrected chi connectivity index (χ2v) is 11.5. The topological polar surface area (TPSA) is 132 Å². The van der Waals surface area contributed by atoms with Gasteiger partial charge in [0.25, 0.3) is 5.91 Å². The molecule has 0 fully saturated rings. The van der Waals surface area contributed by atoms with Crippen molar-refractivity contribution in [2.75, 3.05) is 11.9 Å². The maximum atomic E-state index is 14.3. The van der Waals surface area contributed by atoms with Gasteiger partial charge in [-0.3, -0.25) is 9.59 Å². The van der Waals surface area contributed by atoms with E-state index in [4.69, 9.17) is 16.3 Å². The third-order valence-electron chi connectivity index (χ3n) is 6.62. The van der Waals surface area contributed by atoms with E-state index in [1.165, 1.54) is 12.1 Å². The lowest BCUT2D eigenvalue weighted by Gasteiger charge is -2.33. The van der Waals surface area contributed by atoms with E-state index in [1.54, 1.807) is 70.2 Å². The molecule has 0 spiro atoms. The molecule has 9 nitrogen and oxygen atoms in total. The van der Waals surface area contributed by atoms with Gasteiger partial charge in [-0.05, 0) is 74.6 Å². The van der Waals surface area contributed by atoms with E-state index in [0.717, 1.165) is 22.4 Å². The van der Waals surface area contributed by atoms with Crippen molar-refractivity contribution in [3.05, 3.63) is 94.0 Å². The van der Waals surface area contributed by atoms with E-state index >= 15 is 0 Å². The maximum absolute atomic E-state index is 14.3. The molecular formula is C33H37ClN4O5. The first-order valence-corrected chi connectivity index (χ1v) is 14.3. The van der Waals surface area contributed by atoms with Crippen molar-refractivity contribution >= 4 is 35.2 Å². The molecule has 3 aromatic rings. The second kappa shape index (κ2) is 14.6. The first-order valence-electron chi connectivity index (χ1n) is 13.9. The molecule has 3 rings (SSSR count). The van der Waals surface area contributed by atoms with Gasteiger partial charge in [0, 0.05) is 6.42 Å². The molecule has 0 aliphatic rings. The number of carbonyl (C=O) groups is 3. The van der Waals surface area contributed by atoms with Crippen LogP contribution >= 0.6 is 11.6 Å². The number of amides is 3. The van der Waals surface area contributed by atoms with Gasteiger partial charge < -0.3 is 25.4 Å². The Bertz CT molecular complexity index is 1460. The highest BCUT2D eigenvalue weighted by atomic mass is 35.5. The highest BCUT2D eigenvalue weighted by molar-refractivity contribution is 6.34. The van der Waals surface area contributed by atoms with Gasteiger partial charge >= 0.3 is 6.09 Å². The Morgan fingerprint density at radius 1 is 1.02 bits per heavy atom. The van der Waals surface area contributed by atoms with Crippen molar-refractivity contribution in [1.82, 2.24) is 10.2 Å². The molecule has 43 heavy (non-hydrogen) atoms. The van der Waals surface area contributed by atoms with E-state index in [9.17, 15) is 24.8 Å². The van der Waals surface area contributed by atoms with Crippen molar-refractivity contribution in [2.24, 2.45) is 0 Å². The molecule has 3 aromatic carbocycles. The number of nitrogens with one attached hydrogen (secondary N) is 2. The standard InChI is InChI=1S/C33H37ClN4O5/c1-6-22-10-14-24(15-11-22)29(30(40)37-28-21(2)8-7-9-26(28)34)38(19-18-35)31(41)27(36-32(42)43-33(3,4)5)20-23-12-16-25(39)17-13-23/h7-17,27,29,39H,6,19-20H2,1-5H3,(H,36,42)(H,37,40). The number of halogens is 1. The van der Waals surface area contributed by atoms with Crippen LogP contribution in [0.25, 0.3) is 0 Å². The summed E-state index contributed by atoms with van der Waals surface area (Å²) in [5, 5.41) is 25.4. The second-order valence-electron chi connectivity index (χ2n) is 11.1. The number of phenols is 1. The van der Waals surface area contributed by atoms with Crippen molar-refractivity contribution in [3.63, 3.8) is 0 Å².